The fourth-order valence-corrected chi connectivity index (χ4v) is 5.43. The summed E-state index contributed by atoms with van der Waals surface area (Å²) in [4.78, 5) is 34.8. The van der Waals surface area contributed by atoms with Gasteiger partial charge in [0, 0.05) is 19.4 Å². The molecule has 0 heterocycles. The summed E-state index contributed by atoms with van der Waals surface area (Å²) in [6.45, 7) is 3.42. The molecule has 0 fully saturated rings. The molecule has 0 bridgehead atoms. The van der Waals surface area contributed by atoms with Crippen LogP contribution in [0.1, 0.15) is 129 Å². The number of rotatable bonds is 36. The average molecular weight is 786 g/mol. The summed E-state index contributed by atoms with van der Waals surface area (Å²) >= 11 is 0. The lowest BCUT2D eigenvalue weighted by molar-refractivity contribution is -0.161. The Kier molecular flexibility index (Phi) is 37.9. The third kappa shape index (κ3) is 40.2. The van der Waals surface area contributed by atoms with Gasteiger partial charge in [0.05, 0.1) is 13.2 Å². The molecule has 0 amide bonds. The molecular formula is C45H72NO8P. The van der Waals surface area contributed by atoms with Gasteiger partial charge in [0.25, 0.3) is 0 Å². The van der Waals surface area contributed by atoms with Gasteiger partial charge in [0.15, 0.2) is 6.10 Å². The molecule has 0 spiro atoms. The van der Waals surface area contributed by atoms with Gasteiger partial charge in [-0.25, -0.2) is 4.57 Å². The Morgan fingerprint density at radius 2 is 0.982 bits per heavy atom. The molecule has 0 aliphatic heterocycles. The first kappa shape index (κ1) is 51.7. The minimum atomic E-state index is -4.41. The van der Waals surface area contributed by atoms with Crippen LogP contribution in [0.3, 0.4) is 0 Å². The molecule has 9 nitrogen and oxygen atoms in total. The van der Waals surface area contributed by atoms with Crippen LogP contribution in [0.2, 0.25) is 0 Å². The molecule has 0 aliphatic carbocycles. The lowest BCUT2D eigenvalue weighted by atomic mass is 10.2. The Labute approximate surface area is 333 Å². The van der Waals surface area contributed by atoms with Crippen LogP contribution in [-0.4, -0.2) is 49.3 Å². The number of nitrogens with two attached hydrogens (primary N) is 1. The van der Waals surface area contributed by atoms with Gasteiger partial charge in [-0.3, -0.25) is 18.6 Å². The molecule has 3 N–H and O–H groups in total. The molecule has 2 atom stereocenters. The highest BCUT2D eigenvalue weighted by molar-refractivity contribution is 7.47. The quantitative estimate of drug-likeness (QED) is 0.0275. The minimum absolute atomic E-state index is 0.0306. The van der Waals surface area contributed by atoms with Crippen LogP contribution < -0.4 is 5.73 Å². The summed E-state index contributed by atoms with van der Waals surface area (Å²) in [5.74, 6) is -0.977. The van der Waals surface area contributed by atoms with Crippen LogP contribution in [0, 0.1) is 0 Å². The van der Waals surface area contributed by atoms with Crippen LogP contribution in [0.5, 0.6) is 0 Å². The highest BCUT2D eigenvalue weighted by Gasteiger charge is 2.25. The lowest BCUT2D eigenvalue weighted by Gasteiger charge is -2.19. The number of hydrogen-bond acceptors (Lipinski definition) is 8. The maximum atomic E-state index is 12.5. The van der Waals surface area contributed by atoms with E-state index in [0.717, 1.165) is 57.8 Å². The van der Waals surface area contributed by atoms with Crippen molar-refractivity contribution >= 4 is 19.8 Å². The zero-order chi connectivity index (χ0) is 40.3. The van der Waals surface area contributed by atoms with Gasteiger partial charge in [-0.15, -0.1) is 0 Å². The molecule has 10 heteroatoms. The zero-order valence-corrected chi connectivity index (χ0v) is 34.7. The molecule has 0 aromatic carbocycles. The van der Waals surface area contributed by atoms with E-state index >= 15 is 0 Å². The van der Waals surface area contributed by atoms with Crippen molar-refractivity contribution in [2.45, 2.75) is 136 Å². The normalized spacial score (nSPS) is 14.5. The second-order valence-electron chi connectivity index (χ2n) is 12.8. The highest BCUT2D eigenvalue weighted by atomic mass is 31.2. The molecule has 0 aliphatic rings. The van der Waals surface area contributed by atoms with Crippen molar-refractivity contribution in [3.63, 3.8) is 0 Å². The molecule has 0 rings (SSSR count). The van der Waals surface area contributed by atoms with Crippen molar-refractivity contribution in [3.8, 4) is 0 Å². The molecule has 0 aromatic heterocycles. The first-order valence-corrected chi connectivity index (χ1v) is 21.9. The molecule has 55 heavy (non-hydrogen) atoms. The van der Waals surface area contributed by atoms with Crippen LogP contribution >= 0.6 is 7.82 Å². The molecule has 0 aromatic rings. The summed E-state index contributed by atoms with van der Waals surface area (Å²) in [5, 5.41) is 0. The number of allylic oxidation sites excluding steroid dienone is 18. The number of carbonyl (C=O) groups excluding carboxylic acids is 2. The topological polar surface area (TPSA) is 134 Å². The van der Waals surface area contributed by atoms with E-state index in [2.05, 4.69) is 111 Å². The van der Waals surface area contributed by atoms with Crippen molar-refractivity contribution in [1.29, 1.82) is 0 Å². The monoisotopic (exact) mass is 785 g/mol. The zero-order valence-electron chi connectivity index (χ0n) is 33.9. The Morgan fingerprint density at radius 3 is 1.42 bits per heavy atom. The number of esters is 2. The summed E-state index contributed by atoms with van der Waals surface area (Å²) in [7, 11) is -4.41. The van der Waals surface area contributed by atoms with Crippen LogP contribution in [0.25, 0.3) is 0 Å². The molecule has 0 saturated heterocycles. The summed E-state index contributed by atoms with van der Waals surface area (Å²) in [5.41, 5.74) is 5.33. The van der Waals surface area contributed by atoms with Crippen molar-refractivity contribution in [3.05, 3.63) is 109 Å². The van der Waals surface area contributed by atoms with E-state index in [1.54, 1.807) is 0 Å². The standard InChI is InChI=1S/C45H72NO8P/c1-3-5-7-9-11-13-15-17-19-21-23-25-27-29-31-33-35-37-44(47)51-41-43(42-53-55(49,50)52-40-39-46)54-45(48)38-36-34-32-30-28-26-24-22-20-18-16-14-12-10-8-6-4-2/h6,8,11-14,17-20,23-26,29-32,43H,3-5,7,9-10,15-16,21-22,27-28,33-42,46H2,1-2H3,(H,49,50)/b8-6+,13-11+,14-12+,19-17+,20-18+,25-23+,26-24+,31-29+,32-30+/t43-/m1/s1. The summed E-state index contributed by atoms with van der Waals surface area (Å²) < 4.78 is 32.6. The van der Waals surface area contributed by atoms with E-state index in [1.165, 1.54) is 25.7 Å². The fraction of sp³-hybridized carbons (Fsp3) is 0.556. The van der Waals surface area contributed by atoms with E-state index in [9.17, 15) is 19.0 Å². The molecule has 0 radical (unpaired) electrons. The number of hydrogen-bond donors (Lipinski definition) is 2. The van der Waals surface area contributed by atoms with Gasteiger partial charge < -0.3 is 20.1 Å². The first-order valence-electron chi connectivity index (χ1n) is 20.4. The van der Waals surface area contributed by atoms with E-state index in [-0.39, 0.29) is 32.6 Å². The van der Waals surface area contributed by atoms with Crippen molar-refractivity contribution in [2.75, 3.05) is 26.4 Å². The highest BCUT2D eigenvalue weighted by Crippen LogP contribution is 2.43. The first-order chi connectivity index (χ1) is 26.8. The average Bonchev–Trinajstić information content (AvgIpc) is 3.17. The lowest BCUT2D eigenvalue weighted by Crippen LogP contribution is -2.29. The maximum Gasteiger partial charge on any atom is 0.472 e. The Balaban J connectivity index is 4.42. The van der Waals surface area contributed by atoms with Gasteiger partial charge >= 0.3 is 19.8 Å². The van der Waals surface area contributed by atoms with E-state index in [1.807, 2.05) is 12.2 Å². The van der Waals surface area contributed by atoms with E-state index in [0.29, 0.717) is 19.3 Å². The Hall–Kier alpha value is -3.33. The van der Waals surface area contributed by atoms with E-state index < -0.39 is 32.5 Å². The van der Waals surface area contributed by atoms with Gasteiger partial charge in [0.1, 0.15) is 6.61 Å². The largest absolute Gasteiger partial charge is 0.472 e. The van der Waals surface area contributed by atoms with E-state index in [4.69, 9.17) is 24.3 Å². The van der Waals surface area contributed by atoms with Gasteiger partial charge in [-0.1, -0.05) is 136 Å². The van der Waals surface area contributed by atoms with Crippen molar-refractivity contribution < 1.29 is 37.6 Å². The molecule has 1 unspecified atom stereocenters. The second kappa shape index (κ2) is 40.3. The SMILES string of the molecule is CC/C=C/C/C=C/C/C=C/C/C=C/C/C=C/CCCC(=O)O[C@H](COC(=O)CCC/C=C/C/C=C/C/C=C/C/C=C/CCCCC)COP(=O)(O)OCCN. The van der Waals surface area contributed by atoms with Gasteiger partial charge in [-0.2, -0.15) is 0 Å². The molecule has 0 saturated carbocycles. The maximum absolute atomic E-state index is 12.5. The Bertz CT molecular complexity index is 1260. The minimum Gasteiger partial charge on any atom is -0.462 e. The number of phosphoric ester groups is 1. The fourth-order valence-electron chi connectivity index (χ4n) is 4.66. The third-order valence-electron chi connectivity index (χ3n) is 7.64. The van der Waals surface area contributed by atoms with Crippen LogP contribution in [-0.2, 0) is 32.7 Å². The van der Waals surface area contributed by atoms with Crippen LogP contribution in [0.4, 0.5) is 0 Å². The Morgan fingerprint density at radius 1 is 0.564 bits per heavy atom. The van der Waals surface area contributed by atoms with Crippen LogP contribution in [0.15, 0.2) is 109 Å². The summed E-state index contributed by atoms with van der Waals surface area (Å²) in [6, 6.07) is 0. The number of ether oxygens (including phenoxy) is 2. The smallest absolute Gasteiger partial charge is 0.462 e. The predicted molar refractivity (Wildman–Crippen MR) is 228 cm³/mol. The van der Waals surface area contributed by atoms with Crippen molar-refractivity contribution in [1.82, 2.24) is 0 Å². The molecular weight excluding hydrogens is 713 g/mol. The predicted octanol–water partition coefficient (Wildman–Crippen LogP) is 11.6. The summed E-state index contributed by atoms with van der Waals surface area (Å²) in [6.07, 6.45) is 52.8. The van der Waals surface area contributed by atoms with Crippen molar-refractivity contribution in [2.24, 2.45) is 5.73 Å². The third-order valence-corrected chi connectivity index (χ3v) is 8.63. The number of unbranched alkanes of at least 4 members (excludes halogenated alkanes) is 5. The van der Waals surface area contributed by atoms with Gasteiger partial charge in [0.2, 0.25) is 0 Å². The van der Waals surface area contributed by atoms with Gasteiger partial charge in [-0.05, 0) is 89.9 Å². The number of carbonyl (C=O) groups is 2. The second-order valence-corrected chi connectivity index (χ2v) is 14.2. The molecule has 310 valence electrons. The number of phosphoric acid groups is 1.